The summed E-state index contributed by atoms with van der Waals surface area (Å²) < 4.78 is 24.9. The molecule has 2 aliphatic rings. The van der Waals surface area contributed by atoms with Gasteiger partial charge in [-0.25, -0.2) is 4.99 Å². The van der Waals surface area contributed by atoms with Gasteiger partial charge in [0.25, 0.3) is 0 Å². The van der Waals surface area contributed by atoms with Crippen molar-refractivity contribution in [2.24, 2.45) is 4.99 Å². The Kier molecular flexibility index (Phi) is 7.76. The molecule has 2 heterocycles. The van der Waals surface area contributed by atoms with E-state index in [2.05, 4.69) is 24.3 Å². The molecule has 5 rings (SSSR count). The fourth-order valence-corrected chi connectivity index (χ4v) is 4.92. The van der Waals surface area contributed by atoms with Gasteiger partial charge in [-0.1, -0.05) is 66.7 Å². The zero-order valence-corrected chi connectivity index (χ0v) is 25.3. The molecule has 2 aliphatic heterocycles. The summed E-state index contributed by atoms with van der Waals surface area (Å²) in [5.41, 5.74) is 3.97. The van der Waals surface area contributed by atoms with Crippen LogP contribution in [0.15, 0.2) is 77.8 Å². The lowest BCUT2D eigenvalue weighted by Gasteiger charge is -2.32. The van der Waals surface area contributed by atoms with Crippen molar-refractivity contribution in [3.05, 3.63) is 83.9 Å². The second-order valence-corrected chi connectivity index (χ2v) is 12.6. The Labute approximate surface area is 244 Å². The lowest BCUT2D eigenvalue weighted by atomic mass is 9.71. The van der Waals surface area contributed by atoms with E-state index in [1.165, 1.54) is 0 Å². The number of hydrogen-bond donors (Lipinski definition) is 1. The van der Waals surface area contributed by atoms with Crippen LogP contribution in [0.5, 0.6) is 0 Å². The first-order chi connectivity index (χ1) is 19.2. The van der Waals surface area contributed by atoms with Crippen molar-refractivity contribution >= 4 is 36.8 Å². The summed E-state index contributed by atoms with van der Waals surface area (Å²) in [6.07, 6.45) is 0. The van der Waals surface area contributed by atoms with Crippen LogP contribution in [0.4, 0.5) is 0 Å². The summed E-state index contributed by atoms with van der Waals surface area (Å²) in [5.74, 6) is 0.806. The van der Waals surface area contributed by atoms with E-state index in [0.717, 1.165) is 27.6 Å². The molecule has 0 unspecified atom stereocenters. The van der Waals surface area contributed by atoms with Gasteiger partial charge in [0, 0.05) is 25.2 Å². The predicted octanol–water partition coefficient (Wildman–Crippen LogP) is 4.51. The minimum Gasteiger partial charge on any atom is -0.404 e. The summed E-state index contributed by atoms with van der Waals surface area (Å²) in [6.45, 7) is 12.6. The van der Waals surface area contributed by atoms with Crippen molar-refractivity contribution in [1.82, 2.24) is 4.90 Å². The standard InChI is InChI=1S/C32H39B2N3O4/c1-30(2)21-38-33(39-30)26-18-25(19-27(20-26)34-40-31(3,4)32(5,6)41-34)28(35)36-29(37(7)8)24-16-12-15-23(17-24)22-13-10-9-11-14-22/h9-20,35H,21H2,1-8H3. The molecule has 0 radical (unpaired) electrons. The molecule has 0 bridgehead atoms. The highest BCUT2D eigenvalue weighted by Gasteiger charge is 2.52. The zero-order valence-electron chi connectivity index (χ0n) is 25.3. The van der Waals surface area contributed by atoms with Crippen molar-refractivity contribution in [3.63, 3.8) is 0 Å². The Balaban J connectivity index is 1.54. The van der Waals surface area contributed by atoms with E-state index in [9.17, 15) is 0 Å². The van der Waals surface area contributed by atoms with E-state index in [0.29, 0.717) is 18.0 Å². The molecule has 9 heteroatoms. The molecule has 7 nitrogen and oxygen atoms in total. The van der Waals surface area contributed by atoms with Crippen LogP contribution in [-0.4, -0.2) is 68.3 Å². The third kappa shape index (κ3) is 6.19. The predicted molar refractivity (Wildman–Crippen MR) is 168 cm³/mol. The molecular formula is C32H39B2N3O4. The van der Waals surface area contributed by atoms with Crippen molar-refractivity contribution in [2.45, 2.75) is 58.3 Å². The molecule has 0 saturated carbocycles. The number of nitrogens with zero attached hydrogens (tertiary/aromatic N) is 2. The highest BCUT2D eigenvalue weighted by Crippen LogP contribution is 2.36. The molecule has 2 saturated heterocycles. The summed E-state index contributed by atoms with van der Waals surface area (Å²) >= 11 is 0. The second-order valence-electron chi connectivity index (χ2n) is 12.6. The Morgan fingerprint density at radius 3 is 1.93 bits per heavy atom. The van der Waals surface area contributed by atoms with E-state index in [-0.39, 0.29) is 5.84 Å². The summed E-state index contributed by atoms with van der Waals surface area (Å²) in [7, 11) is 2.73. The number of hydrogen-bond acceptors (Lipinski definition) is 5. The van der Waals surface area contributed by atoms with E-state index in [1.54, 1.807) is 0 Å². The normalized spacial score (nSPS) is 19.5. The number of rotatable bonds is 5. The summed E-state index contributed by atoms with van der Waals surface area (Å²) in [6, 6.07) is 24.3. The maximum atomic E-state index is 9.11. The van der Waals surface area contributed by atoms with Crippen molar-refractivity contribution in [3.8, 4) is 11.1 Å². The van der Waals surface area contributed by atoms with E-state index >= 15 is 0 Å². The third-order valence-corrected chi connectivity index (χ3v) is 7.93. The van der Waals surface area contributed by atoms with Gasteiger partial charge in [0.15, 0.2) is 5.84 Å². The number of amidine groups is 2. The molecule has 0 amide bonds. The molecule has 212 valence electrons. The Morgan fingerprint density at radius 1 is 0.732 bits per heavy atom. The van der Waals surface area contributed by atoms with Crippen LogP contribution >= 0.6 is 0 Å². The first kappa shape index (κ1) is 29.3. The van der Waals surface area contributed by atoms with E-state index in [1.807, 2.05) is 109 Å². The number of nitrogens with one attached hydrogen (secondary N) is 1. The summed E-state index contributed by atoms with van der Waals surface area (Å²) in [5, 5.41) is 9.11. The fourth-order valence-electron chi connectivity index (χ4n) is 4.92. The van der Waals surface area contributed by atoms with Crippen molar-refractivity contribution < 1.29 is 18.6 Å². The highest BCUT2D eigenvalue weighted by atomic mass is 16.7. The Bertz CT molecular complexity index is 1450. The van der Waals surface area contributed by atoms with E-state index in [4.69, 9.17) is 29.0 Å². The lowest BCUT2D eigenvalue weighted by molar-refractivity contribution is 0.00578. The summed E-state index contributed by atoms with van der Waals surface area (Å²) in [4.78, 5) is 6.77. The first-order valence-electron chi connectivity index (χ1n) is 14.1. The van der Waals surface area contributed by atoms with Crippen molar-refractivity contribution in [1.29, 1.82) is 5.41 Å². The topological polar surface area (TPSA) is 76.4 Å². The Morgan fingerprint density at radius 2 is 1.34 bits per heavy atom. The van der Waals surface area contributed by atoms with Gasteiger partial charge in [-0.3, -0.25) is 5.41 Å². The molecular weight excluding hydrogens is 512 g/mol. The smallest absolute Gasteiger partial charge is 0.404 e. The SMILES string of the molecule is CN(C)C(=NC(=N)c1cc(B2OCC(C)(C)O2)cc(B2OC(C)(C)C(C)(C)O2)c1)c1cccc(-c2ccccc2)c1. The molecule has 0 aromatic heterocycles. The minimum atomic E-state index is -0.597. The molecule has 2 fully saturated rings. The maximum absolute atomic E-state index is 9.11. The largest absolute Gasteiger partial charge is 0.494 e. The second kappa shape index (κ2) is 10.9. The van der Waals surface area contributed by atoms with Gasteiger partial charge in [-0.2, -0.15) is 0 Å². The molecule has 1 N–H and O–H groups in total. The van der Waals surface area contributed by atoms with Crippen LogP contribution in [0.25, 0.3) is 11.1 Å². The van der Waals surface area contributed by atoms with Gasteiger partial charge in [0.1, 0.15) is 5.84 Å². The third-order valence-electron chi connectivity index (χ3n) is 7.93. The van der Waals surface area contributed by atoms with Gasteiger partial charge >= 0.3 is 14.2 Å². The molecule has 0 aliphatic carbocycles. The van der Waals surface area contributed by atoms with Crippen LogP contribution in [0, 0.1) is 5.41 Å². The lowest BCUT2D eigenvalue weighted by Crippen LogP contribution is -2.42. The van der Waals surface area contributed by atoms with Crippen LogP contribution < -0.4 is 10.9 Å². The molecule has 0 atom stereocenters. The van der Waals surface area contributed by atoms with Crippen molar-refractivity contribution in [2.75, 3.05) is 20.7 Å². The highest BCUT2D eigenvalue weighted by molar-refractivity contribution is 6.66. The molecule has 0 spiro atoms. The minimum absolute atomic E-state index is 0.121. The van der Waals surface area contributed by atoms with Gasteiger partial charge in [0.05, 0.1) is 23.4 Å². The molecule has 3 aromatic carbocycles. The number of aliphatic imine (C=N–C) groups is 1. The number of benzene rings is 3. The zero-order chi connectivity index (χ0) is 29.6. The van der Waals surface area contributed by atoms with Crippen LogP contribution in [0.3, 0.4) is 0 Å². The monoisotopic (exact) mass is 551 g/mol. The van der Waals surface area contributed by atoms with Crippen LogP contribution in [0.1, 0.15) is 52.7 Å². The quantitative estimate of drug-likeness (QED) is 0.287. The van der Waals surface area contributed by atoms with Crippen LogP contribution in [-0.2, 0) is 18.6 Å². The van der Waals surface area contributed by atoms with E-state index < -0.39 is 31.0 Å². The maximum Gasteiger partial charge on any atom is 0.494 e. The van der Waals surface area contributed by atoms with Gasteiger partial charge in [0.2, 0.25) is 0 Å². The van der Waals surface area contributed by atoms with Gasteiger partial charge < -0.3 is 23.5 Å². The molecule has 41 heavy (non-hydrogen) atoms. The first-order valence-corrected chi connectivity index (χ1v) is 14.1. The van der Waals surface area contributed by atoms with Gasteiger partial charge in [-0.05, 0) is 69.7 Å². The average molecular weight is 551 g/mol. The Hall–Kier alpha value is -3.23. The van der Waals surface area contributed by atoms with Gasteiger partial charge in [-0.15, -0.1) is 0 Å². The average Bonchev–Trinajstić information content (AvgIpc) is 3.40. The fraction of sp³-hybridized carbons (Fsp3) is 0.375. The van der Waals surface area contributed by atoms with Crippen LogP contribution in [0.2, 0.25) is 0 Å². The molecule has 3 aromatic rings.